The lowest BCUT2D eigenvalue weighted by atomic mass is 9.93. The number of anilines is 1. The lowest BCUT2D eigenvalue weighted by Crippen LogP contribution is -2.29. The van der Waals surface area contributed by atoms with Crippen molar-refractivity contribution in [3.05, 3.63) is 60.0 Å². The molecule has 0 spiro atoms. The number of hydrogen-bond donors (Lipinski definition) is 0. The van der Waals surface area contributed by atoms with Crippen molar-refractivity contribution in [2.75, 3.05) is 55.7 Å². The minimum Gasteiger partial charge on any atom is -0.744 e. The summed E-state index contributed by atoms with van der Waals surface area (Å²) in [5.41, 5.74) is 2.28. The van der Waals surface area contributed by atoms with E-state index in [1.54, 1.807) is 62.5 Å². The highest BCUT2D eigenvalue weighted by atomic mass is 32.2. The molecule has 0 saturated carbocycles. The summed E-state index contributed by atoms with van der Waals surface area (Å²) in [7, 11) is -10.9. The number of benzene rings is 3. The molecule has 2 aromatic carbocycles. The second-order valence-electron chi connectivity index (χ2n) is 20.1. The molecule has 0 N–H and O–H groups in total. The Labute approximate surface area is 434 Å². The van der Waals surface area contributed by atoms with Crippen molar-refractivity contribution in [1.29, 1.82) is 0 Å². The van der Waals surface area contributed by atoms with Crippen molar-refractivity contribution >= 4 is 44.2 Å². The summed E-state index contributed by atoms with van der Waals surface area (Å²) in [5, 5.41) is 1.44. The quantitative estimate of drug-likeness (QED) is 0.0145. The van der Waals surface area contributed by atoms with Gasteiger partial charge in [-0.25, -0.2) is 21.4 Å². The van der Waals surface area contributed by atoms with Gasteiger partial charge >= 0.3 is 0 Å². The molecule has 0 atom stereocenters. The van der Waals surface area contributed by atoms with Gasteiger partial charge in [0.1, 0.15) is 44.7 Å². The average Bonchev–Trinajstić information content (AvgIpc) is 3.35. The summed E-state index contributed by atoms with van der Waals surface area (Å²) in [6.07, 6.45) is 42.1. The van der Waals surface area contributed by atoms with E-state index in [2.05, 4.69) is 37.2 Å². The van der Waals surface area contributed by atoms with Gasteiger partial charge in [-0.3, -0.25) is 0 Å². The average molecular weight is 1040 g/mol. The molecule has 402 valence electrons. The fourth-order valence-electron chi connectivity index (χ4n) is 10.4. The smallest absolute Gasteiger partial charge is 0.203 e. The molecular formula is C59H97N2O7PS2. The molecular weight excluding hydrogens is 944 g/mol. The molecule has 0 unspecified atom stereocenters. The maximum absolute atomic E-state index is 12.3. The Hall–Kier alpha value is -2.82. The van der Waals surface area contributed by atoms with E-state index in [0.29, 0.717) is 33.9 Å². The van der Waals surface area contributed by atoms with Gasteiger partial charge in [-0.05, 0) is 109 Å². The van der Waals surface area contributed by atoms with Crippen molar-refractivity contribution in [3.8, 4) is 22.5 Å². The number of nitrogens with zero attached hydrogens (tertiary/aromatic N) is 2. The van der Waals surface area contributed by atoms with Crippen LogP contribution in [-0.4, -0.2) is 76.8 Å². The molecule has 2 aromatic rings. The van der Waals surface area contributed by atoms with Crippen LogP contribution in [0, 0.1) is 0 Å². The van der Waals surface area contributed by atoms with Crippen LogP contribution in [0.2, 0.25) is 0 Å². The summed E-state index contributed by atoms with van der Waals surface area (Å²) >= 11 is 0. The van der Waals surface area contributed by atoms with Gasteiger partial charge in [0.05, 0.1) is 40.5 Å². The first-order valence-corrected chi connectivity index (χ1v) is 33.8. The van der Waals surface area contributed by atoms with Crippen LogP contribution in [0.1, 0.15) is 209 Å². The molecule has 9 nitrogen and oxygen atoms in total. The summed E-state index contributed by atoms with van der Waals surface area (Å²) in [6, 6.07) is 13.9. The highest BCUT2D eigenvalue weighted by Crippen LogP contribution is 2.61. The topological polar surface area (TPSA) is 134 Å². The normalized spacial score (nSPS) is 12.1. The second-order valence-corrected chi connectivity index (χ2v) is 27.3. The van der Waals surface area contributed by atoms with Gasteiger partial charge in [0, 0.05) is 60.2 Å². The number of hydrogen-bond acceptors (Lipinski definition) is 8. The van der Waals surface area contributed by atoms with E-state index >= 15 is 0 Å². The third-order valence-electron chi connectivity index (χ3n) is 14.7. The lowest BCUT2D eigenvalue weighted by molar-refractivity contribution is 0.461. The Morgan fingerprint density at radius 3 is 1.35 bits per heavy atom. The molecule has 12 heteroatoms. The molecule has 4 rings (SSSR count). The molecule has 2 aliphatic rings. The van der Waals surface area contributed by atoms with Crippen molar-refractivity contribution in [2.24, 2.45) is 0 Å². The molecule has 0 bridgehead atoms. The summed E-state index contributed by atoms with van der Waals surface area (Å²) < 4.78 is 80.3. The Morgan fingerprint density at radius 2 is 0.930 bits per heavy atom. The second kappa shape index (κ2) is 33.9. The molecule has 1 aliphatic heterocycles. The fourth-order valence-corrected chi connectivity index (χ4v) is 16.6. The summed E-state index contributed by atoms with van der Waals surface area (Å²) in [6.45, 7) is 20.6. The van der Waals surface area contributed by atoms with E-state index in [1.165, 1.54) is 134 Å². The monoisotopic (exact) mass is 1040 g/mol. The number of unbranched alkanes of at least 4 members (excludes halogenated alkanes) is 20. The van der Waals surface area contributed by atoms with Gasteiger partial charge < -0.3 is 18.4 Å². The zero-order chi connectivity index (χ0) is 52.1. The minimum atomic E-state index is -5.16. The van der Waals surface area contributed by atoms with Gasteiger partial charge in [0.2, 0.25) is 5.36 Å². The highest BCUT2D eigenvalue weighted by Gasteiger charge is 2.35. The largest absolute Gasteiger partial charge is 0.744 e. The summed E-state index contributed by atoms with van der Waals surface area (Å²) in [4.78, 5) is 0.550. The van der Waals surface area contributed by atoms with E-state index in [4.69, 9.17) is 4.42 Å². The molecule has 0 amide bonds. The number of fused-ring (bicyclic) bond motifs is 2. The van der Waals surface area contributed by atoms with Crippen molar-refractivity contribution in [1.82, 2.24) is 4.58 Å². The summed E-state index contributed by atoms with van der Waals surface area (Å²) in [5.74, 6) is 0.461. The van der Waals surface area contributed by atoms with Crippen LogP contribution < -0.4 is 14.8 Å². The maximum Gasteiger partial charge on any atom is 0.203 e. The predicted octanol–water partition coefficient (Wildman–Crippen LogP) is 16.1. The first kappa shape index (κ1) is 62.5. The van der Waals surface area contributed by atoms with Gasteiger partial charge in [0.15, 0.2) is 0 Å². The fraction of sp³-hybridized carbons (Fsp3) is 0.678. The molecule has 1 heterocycles. The van der Waals surface area contributed by atoms with Gasteiger partial charge in [0.25, 0.3) is 0 Å². The third kappa shape index (κ3) is 21.1. The SMILES string of the molecule is CCCCCCCCCCCCCC[P+](CCCCCC)(CCCCCC)CCCCCC.CCN(CC)c1ccc2c(-c3ccc(S(=O)(=O)[O-])cc3S(=O)(=O)[O-])c3ccc(=[N+](CC)CC)cc-3oc2c1. The zero-order valence-corrected chi connectivity index (χ0v) is 48.4. The van der Waals surface area contributed by atoms with E-state index in [0.717, 1.165) is 43.3 Å². The van der Waals surface area contributed by atoms with Crippen LogP contribution in [0.4, 0.5) is 5.69 Å². The van der Waals surface area contributed by atoms with E-state index < -0.39 is 37.3 Å². The van der Waals surface area contributed by atoms with E-state index in [1.807, 2.05) is 52.0 Å². The van der Waals surface area contributed by atoms with Crippen LogP contribution >= 0.6 is 7.26 Å². The standard InChI is InChI=1S/C32H68P.C27H30N2O7S2/c1-5-9-13-17-18-19-20-21-22-23-24-28-32-33(29-25-14-10-6-2,30-26-15-11-7-3)31-27-16-12-8-4;1-5-28(6-2)18-9-12-21-24(15-18)36-25-16-19(29(7-3)8-4)10-13-22(25)27(21)23-14-11-20(37(30,31)32)17-26(23)38(33,34)35/h5-32H2,1-4H3;9-17H,5-8H2,1-4H3,(H-,30,31,32,33,34,35)/q+1;/p-1. The Bertz CT molecular complexity index is 2340. The molecule has 0 saturated heterocycles. The minimum absolute atomic E-state index is 0.00983. The van der Waals surface area contributed by atoms with Gasteiger partial charge in [-0.15, -0.1) is 0 Å². The van der Waals surface area contributed by atoms with Crippen LogP contribution in [0.3, 0.4) is 0 Å². The van der Waals surface area contributed by atoms with Gasteiger partial charge in [-0.2, -0.15) is 0 Å². The van der Waals surface area contributed by atoms with Crippen molar-refractivity contribution < 1.29 is 30.4 Å². The van der Waals surface area contributed by atoms with E-state index in [-0.39, 0.29) is 5.56 Å². The van der Waals surface area contributed by atoms with Crippen LogP contribution in [0.5, 0.6) is 0 Å². The predicted molar refractivity (Wildman–Crippen MR) is 304 cm³/mol. The highest BCUT2D eigenvalue weighted by molar-refractivity contribution is 7.86. The first-order chi connectivity index (χ1) is 34.2. The molecule has 0 fully saturated rings. The molecule has 0 radical (unpaired) electrons. The van der Waals surface area contributed by atoms with Crippen LogP contribution in [-0.2, 0) is 20.2 Å². The Kier molecular flexibility index (Phi) is 29.8. The van der Waals surface area contributed by atoms with Crippen LogP contribution in [0.25, 0.3) is 33.4 Å². The zero-order valence-electron chi connectivity index (χ0n) is 45.8. The molecule has 71 heavy (non-hydrogen) atoms. The Morgan fingerprint density at radius 1 is 0.493 bits per heavy atom. The lowest BCUT2D eigenvalue weighted by Gasteiger charge is -2.28. The molecule has 0 aromatic heterocycles. The van der Waals surface area contributed by atoms with Crippen molar-refractivity contribution in [3.63, 3.8) is 0 Å². The molecule has 1 aliphatic carbocycles. The number of rotatable bonds is 36. The Balaban J connectivity index is 0.000000380. The van der Waals surface area contributed by atoms with E-state index in [9.17, 15) is 25.9 Å². The van der Waals surface area contributed by atoms with Crippen LogP contribution in [0.15, 0.2) is 68.8 Å². The first-order valence-electron chi connectivity index (χ1n) is 28.4. The van der Waals surface area contributed by atoms with Crippen molar-refractivity contribution in [2.45, 2.75) is 219 Å². The van der Waals surface area contributed by atoms with Gasteiger partial charge in [-0.1, -0.05) is 136 Å². The third-order valence-corrected chi connectivity index (χ3v) is 21.4. The maximum atomic E-state index is 12.3.